The molecule has 0 aliphatic carbocycles. The summed E-state index contributed by atoms with van der Waals surface area (Å²) in [5.41, 5.74) is 7.08. The number of thioether (sulfide) groups is 2. The number of amides is 1. The number of nitrogens with one attached hydrogen (secondary N) is 1. The van der Waals surface area contributed by atoms with E-state index in [0.29, 0.717) is 16.6 Å². The van der Waals surface area contributed by atoms with Gasteiger partial charge in [-0.3, -0.25) is 4.79 Å². The molecule has 0 aromatic carbocycles. The first-order chi connectivity index (χ1) is 9.08. The molecule has 1 unspecified atom stereocenters. The van der Waals surface area contributed by atoms with Crippen molar-refractivity contribution in [3.05, 3.63) is 18.0 Å². The Bertz CT molecular complexity index is 439. The topological polar surface area (TPSA) is 60.0 Å². The number of carbonyl (C=O) groups excluding carboxylic acids is 1. The first-order valence-electron chi connectivity index (χ1n) is 6.53. The van der Waals surface area contributed by atoms with Gasteiger partial charge in [-0.15, -0.1) is 0 Å². The molecule has 2 heterocycles. The van der Waals surface area contributed by atoms with Gasteiger partial charge in [0.1, 0.15) is 5.69 Å². The van der Waals surface area contributed by atoms with Crippen LogP contribution < -0.4 is 11.1 Å². The van der Waals surface area contributed by atoms with E-state index in [2.05, 4.69) is 5.32 Å². The molecule has 1 aliphatic rings. The van der Waals surface area contributed by atoms with Gasteiger partial charge in [0.05, 0.1) is 5.69 Å². The third kappa shape index (κ3) is 3.86. The van der Waals surface area contributed by atoms with Crippen LogP contribution in [0.2, 0.25) is 0 Å². The first-order valence-corrected chi connectivity index (χ1v) is 8.73. The molecule has 0 radical (unpaired) electrons. The van der Waals surface area contributed by atoms with E-state index in [9.17, 15) is 4.79 Å². The molecule has 1 aromatic heterocycles. The van der Waals surface area contributed by atoms with E-state index in [-0.39, 0.29) is 11.9 Å². The predicted molar refractivity (Wildman–Crippen MR) is 85.1 cm³/mol. The molecule has 0 saturated carbocycles. The zero-order valence-electron chi connectivity index (χ0n) is 11.4. The summed E-state index contributed by atoms with van der Waals surface area (Å²) in [5.74, 6) is 3.50. The summed E-state index contributed by atoms with van der Waals surface area (Å²) < 4.78 is 1.92. The average Bonchev–Trinajstić information content (AvgIpc) is 2.79. The number of nitrogens with zero attached hydrogens (tertiary/aromatic N) is 1. The van der Waals surface area contributed by atoms with E-state index in [0.717, 1.165) is 12.3 Å². The van der Waals surface area contributed by atoms with Crippen molar-refractivity contribution in [2.75, 3.05) is 29.5 Å². The highest BCUT2D eigenvalue weighted by atomic mass is 32.2. The summed E-state index contributed by atoms with van der Waals surface area (Å²) in [6.45, 7) is 4.83. The van der Waals surface area contributed by atoms with Gasteiger partial charge >= 0.3 is 0 Å². The maximum atomic E-state index is 12.2. The van der Waals surface area contributed by atoms with Crippen LogP contribution >= 0.6 is 23.5 Å². The highest BCUT2D eigenvalue weighted by Crippen LogP contribution is 2.23. The quantitative estimate of drug-likeness (QED) is 0.895. The van der Waals surface area contributed by atoms with Gasteiger partial charge in [0.25, 0.3) is 5.91 Å². The second kappa shape index (κ2) is 6.61. The van der Waals surface area contributed by atoms with Crippen LogP contribution in [0.4, 0.5) is 5.69 Å². The fraction of sp³-hybridized carbons (Fsp3) is 0.615. The Morgan fingerprint density at radius 1 is 1.58 bits per heavy atom. The van der Waals surface area contributed by atoms with Crippen LogP contribution in [0, 0.1) is 0 Å². The fourth-order valence-electron chi connectivity index (χ4n) is 2.06. The molecule has 6 heteroatoms. The second-order valence-corrected chi connectivity index (χ2v) is 7.50. The van der Waals surface area contributed by atoms with Gasteiger partial charge in [0, 0.05) is 41.3 Å². The maximum absolute atomic E-state index is 12.2. The summed E-state index contributed by atoms with van der Waals surface area (Å²) in [5, 5.41) is 3.56. The Balaban J connectivity index is 1.95. The number of carbonyl (C=O) groups is 1. The van der Waals surface area contributed by atoms with E-state index in [1.165, 1.54) is 11.5 Å². The van der Waals surface area contributed by atoms with Gasteiger partial charge in [0.2, 0.25) is 0 Å². The van der Waals surface area contributed by atoms with Crippen LogP contribution in [0.1, 0.15) is 30.4 Å². The molecule has 1 aromatic rings. The monoisotopic (exact) mass is 299 g/mol. The van der Waals surface area contributed by atoms with Crippen molar-refractivity contribution in [1.82, 2.24) is 9.88 Å². The van der Waals surface area contributed by atoms with Gasteiger partial charge in [-0.2, -0.15) is 23.5 Å². The molecule has 0 bridgehead atoms. The van der Waals surface area contributed by atoms with E-state index in [4.69, 9.17) is 5.73 Å². The van der Waals surface area contributed by atoms with Crippen LogP contribution in [-0.4, -0.2) is 39.5 Å². The van der Waals surface area contributed by atoms with Crippen molar-refractivity contribution in [3.8, 4) is 0 Å². The minimum Gasteiger partial charge on any atom is -0.397 e. The van der Waals surface area contributed by atoms with Gasteiger partial charge in [-0.1, -0.05) is 0 Å². The molecule has 0 spiro atoms. The lowest BCUT2D eigenvalue weighted by Gasteiger charge is -2.21. The Labute approximate surface area is 122 Å². The molecule has 19 heavy (non-hydrogen) atoms. The van der Waals surface area contributed by atoms with Crippen molar-refractivity contribution in [2.45, 2.75) is 25.1 Å². The highest BCUT2D eigenvalue weighted by Gasteiger charge is 2.18. The molecule has 1 aliphatic heterocycles. The summed E-state index contributed by atoms with van der Waals surface area (Å²) >= 11 is 3.91. The molecule has 3 N–H and O–H groups in total. The van der Waals surface area contributed by atoms with Crippen LogP contribution in [-0.2, 0) is 0 Å². The van der Waals surface area contributed by atoms with Crippen molar-refractivity contribution < 1.29 is 4.79 Å². The highest BCUT2D eigenvalue weighted by molar-refractivity contribution is 8.06. The summed E-state index contributed by atoms with van der Waals surface area (Å²) in [6, 6.07) is 1.98. The minimum atomic E-state index is -0.0263. The summed E-state index contributed by atoms with van der Waals surface area (Å²) in [7, 11) is 0. The standard InChI is InChI=1S/C13H21N3OS2/c1-9(2)16-7-10(14)5-12(16)13(17)15-6-11-8-18-3-4-19-11/h5,7,9,11H,3-4,6,8,14H2,1-2H3,(H,15,17). The number of aromatic nitrogens is 1. The SMILES string of the molecule is CC(C)n1cc(N)cc1C(=O)NCC1CSCCS1. The normalized spacial score (nSPS) is 19.6. The maximum Gasteiger partial charge on any atom is 0.268 e. The Kier molecular flexibility index (Phi) is 5.10. The van der Waals surface area contributed by atoms with Crippen molar-refractivity contribution >= 4 is 35.1 Å². The number of nitrogens with two attached hydrogens (primary N) is 1. The predicted octanol–water partition coefficient (Wildman–Crippen LogP) is 2.23. The molecule has 106 valence electrons. The number of hydrogen-bond acceptors (Lipinski definition) is 4. The van der Waals surface area contributed by atoms with E-state index in [1.807, 2.05) is 48.1 Å². The Hall–Kier alpha value is -0.750. The lowest BCUT2D eigenvalue weighted by molar-refractivity contribution is 0.0943. The number of anilines is 1. The van der Waals surface area contributed by atoms with Gasteiger partial charge in [0.15, 0.2) is 0 Å². The van der Waals surface area contributed by atoms with E-state index in [1.54, 1.807) is 6.07 Å². The summed E-state index contributed by atoms with van der Waals surface area (Å²) in [6.07, 6.45) is 1.82. The van der Waals surface area contributed by atoms with Gasteiger partial charge in [-0.25, -0.2) is 0 Å². The Morgan fingerprint density at radius 2 is 2.37 bits per heavy atom. The molecule has 2 rings (SSSR count). The van der Waals surface area contributed by atoms with Gasteiger partial charge in [-0.05, 0) is 19.9 Å². The molecular formula is C13H21N3OS2. The smallest absolute Gasteiger partial charge is 0.268 e. The molecule has 4 nitrogen and oxygen atoms in total. The van der Waals surface area contributed by atoms with Crippen LogP contribution in [0.25, 0.3) is 0 Å². The minimum absolute atomic E-state index is 0.0263. The lowest BCUT2D eigenvalue weighted by Crippen LogP contribution is -2.34. The van der Waals surface area contributed by atoms with Crippen molar-refractivity contribution in [2.24, 2.45) is 0 Å². The summed E-state index contributed by atoms with van der Waals surface area (Å²) in [4.78, 5) is 12.2. The first kappa shape index (κ1) is 14.7. The molecular weight excluding hydrogens is 278 g/mol. The number of nitrogen functional groups attached to an aromatic ring is 1. The third-order valence-corrected chi connectivity index (χ3v) is 5.88. The second-order valence-electron chi connectivity index (χ2n) is 4.94. The van der Waals surface area contributed by atoms with Crippen LogP contribution in [0.15, 0.2) is 12.3 Å². The fourth-order valence-corrected chi connectivity index (χ4v) is 4.67. The average molecular weight is 299 g/mol. The molecule has 1 amide bonds. The van der Waals surface area contributed by atoms with E-state index >= 15 is 0 Å². The zero-order chi connectivity index (χ0) is 13.8. The molecule has 1 saturated heterocycles. The van der Waals surface area contributed by atoms with Crippen molar-refractivity contribution in [1.29, 1.82) is 0 Å². The number of hydrogen-bond donors (Lipinski definition) is 2. The van der Waals surface area contributed by atoms with E-state index < -0.39 is 0 Å². The van der Waals surface area contributed by atoms with Crippen LogP contribution in [0.5, 0.6) is 0 Å². The third-order valence-electron chi connectivity index (χ3n) is 3.03. The van der Waals surface area contributed by atoms with Crippen molar-refractivity contribution in [3.63, 3.8) is 0 Å². The largest absolute Gasteiger partial charge is 0.397 e. The number of rotatable bonds is 4. The molecule has 1 fully saturated rings. The van der Waals surface area contributed by atoms with Gasteiger partial charge < -0.3 is 15.6 Å². The molecule has 1 atom stereocenters. The van der Waals surface area contributed by atoms with Crippen LogP contribution in [0.3, 0.4) is 0 Å². The Morgan fingerprint density at radius 3 is 3.00 bits per heavy atom. The zero-order valence-corrected chi connectivity index (χ0v) is 13.0. The lowest BCUT2D eigenvalue weighted by atomic mass is 10.3.